The number of likely N-dealkylation sites (tertiary alicyclic amines) is 1. The minimum atomic E-state index is -0.828. The maximum absolute atomic E-state index is 12.4. The Morgan fingerprint density at radius 3 is 2.79 bits per heavy atom. The smallest absolute Gasteiger partial charge is 0.308 e. The van der Waals surface area contributed by atoms with Crippen molar-refractivity contribution in [2.24, 2.45) is 5.92 Å². The summed E-state index contributed by atoms with van der Waals surface area (Å²) in [5.41, 5.74) is 1.68. The summed E-state index contributed by atoms with van der Waals surface area (Å²) in [5.74, 6) is -1.34. The number of amides is 1. The Morgan fingerprint density at radius 1 is 1.33 bits per heavy atom. The van der Waals surface area contributed by atoms with Gasteiger partial charge in [-0.2, -0.15) is 0 Å². The summed E-state index contributed by atoms with van der Waals surface area (Å²) in [7, 11) is 0. The number of aromatic nitrogens is 1. The summed E-state index contributed by atoms with van der Waals surface area (Å²) >= 11 is 7.37. The molecule has 24 heavy (non-hydrogen) atoms. The Bertz CT molecular complexity index is 745. The molecule has 0 bridgehead atoms. The number of piperidine rings is 1. The molecule has 0 saturated carbocycles. The fourth-order valence-electron chi connectivity index (χ4n) is 2.79. The first-order valence-corrected chi connectivity index (χ1v) is 8.99. The van der Waals surface area contributed by atoms with E-state index in [1.807, 2.05) is 29.6 Å². The fourth-order valence-corrected chi connectivity index (χ4v) is 3.74. The molecule has 2 heterocycles. The van der Waals surface area contributed by atoms with E-state index in [0.717, 1.165) is 17.0 Å². The fraction of sp³-hybridized carbons (Fsp3) is 0.353. The van der Waals surface area contributed by atoms with Crippen molar-refractivity contribution in [3.05, 3.63) is 40.4 Å². The molecule has 1 fully saturated rings. The van der Waals surface area contributed by atoms with Crippen molar-refractivity contribution in [1.82, 2.24) is 9.88 Å². The van der Waals surface area contributed by atoms with Gasteiger partial charge in [-0.05, 0) is 25.0 Å². The minimum absolute atomic E-state index is 0.0612. The minimum Gasteiger partial charge on any atom is -0.481 e. The molecule has 1 aromatic carbocycles. The number of hydrogen-bond donors (Lipinski definition) is 1. The average Bonchev–Trinajstić information content (AvgIpc) is 3.04. The first-order valence-electron chi connectivity index (χ1n) is 7.74. The van der Waals surface area contributed by atoms with E-state index in [1.165, 1.54) is 11.3 Å². The van der Waals surface area contributed by atoms with Crippen molar-refractivity contribution < 1.29 is 14.7 Å². The van der Waals surface area contributed by atoms with Gasteiger partial charge in [-0.25, -0.2) is 4.98 Å². The summed E-state index contributed by atoms with van der Waals surface area (Å²) in [6.45, 7) is 0.916. The van der Waals surface area contributed by atoms with Crippen molar-refractivity contribution in [1.29, 1.82) is 0 Å². The predicted octanol–water partition coefficient (Wildman–Crippen LogP) is 3.33. The molecule has 1 aromatic heterocycles. The Morgan fingerprint density at radius 2 is 2.08 bits per heavy atom. The van der Waals surface area contributed by atoms with Gasteiger partial charge < -0.3 is 10.0 Å². The molecule has 1 amide bonds. The topological polar surface area (TPSA) is 70.5 Å². The van der Waals surface area contributed by atoms with Gasteiger partial charge in [-0.1, -0.05) is 23.7 Å². The standard InChI is InChI=1S/C17H17ClN2O3S/c18-13-5-3-11(4-6-13)16-19-14(10-24-16)8-15(21)20-7-1-2-12(9-20)17(22)23/h3-6,10,12H,1-2,7-9H2,(H,22,23)/t12-/m0/s1. The van der Waals surface area contributed by atoms with Gasteiger partial charge in [0.1, 0.15) is 5.01 Å². The van der Waals surface area contributed by atoms with Crippen LogP contribution in [0.2, 0.25) is 5.02 Å². The van der Waals surface area contributed by atoms with Crippen molar-refractivity contribution in [2.75, 3.05) is 13.1 Å². The third-order valence-electron chi connectivity index (χ3n) is 4.10. The Kier molecular flexibility index (Phi) is 5.16. The Balaban J connectivity index is 1.65. The van der Waals surface area contributed by atoms with Crippen LogP contribution in [0.5, 0.6) is 0 Å². The van der Waals surface area contributed by atoms with E-state index >= 15 is 0 Å². The van der Waals surface area contributed by atoms with Crippen LogP contribution in [0, 0.1) is 5.92 Å². The molecule has 1 aliphatic heterocycles. The number of rotatable bonds is 4. The van der Waals surface area contributed by atoms with E-state index in [2.05, 4.69) is 4.98 Å². The van der Waals surface area contributed by atoms with E-state index in [4.69, 9.17) is 16.7 Å². The highest BCUT2D eigenvalue weighted by Crippen LogP contribution is 2.26. The lowest BCUT2D eigenvalue weighted by atomic mass is 9.98. The molecule has 1 atom stereocenters. The molecule has 1 aliphatic rings. The summed E-state index contributed by atoms with van der Waals surface area (Å²) < 4.78 is 0. The zero-order valence-electron chi connectivity index (χ0n) is 12.9. The van der Waals surface area contributed by atoms with Gasteiger partial charge in [0.25, 0.3) is 0 Å². The van der Waals surface area contributed by atoms with Crippen LogP contribution in [0.15, 0.2) is 29.6 Å². The van der Waals surface area contributed by atoms with E-state index < -0.39 is 11.9 Å². The van der Waals surface area contributed by atoms with Crippen molar-refractivity contribution in [3.8, 4) is 10.6 Å². The van der Waals surface area contributed by atoms with Crippen LogP contribution < -0.4 is 0 Å². The predicted molar refractivity (Wildman–Crippen MR) is 93.2 cm³/mol. The van der Waals surface area contributed by atoms with Gasteiger partial charge >= 0.3 is 5.97 Å². The van der Waals surface area contributed by atoms with Gasteiger partial charge in [0.15, 0.2) is 0 Å². The second kappa shape index (κ2) is 7.32. The van der Waals surface area contributed by atoms with E-state index in [9.17, 15) is 9.59 Å². The molecule has 126 valence electrons. The number of thiazole rings is 1. The molecule has 1 N–H and O–H groups in total. The van der Waals surface area contributed by atoms with Gasteiger partial charge in [0.2, 0.25) is 5.91 Å². The number of hydrogen-bond acceptors (Lipinski definition) is 4. The zero-order chi connectivity index (χ0) is 17.1. The normalized spacial score (nSPS) is 17.7. The number of nitrogens with zero attached hydrogens (tertiary/aromatic N) is 2. The first kappa shape index (κ1) is 16.9. The zero-order valence-corrected chi connectivity index (χ0v) is 14.5. The van der Waals surface area contributed by atoms with Crippen LogP contribution in [-0.2, 0) is 16.0 Å². The monoisotopic (exact) mass is 364 g/mol. The lowest BCUT2D eigenvalue weighted by Gasteiger charge is -2.30. The highest BCUT2D eigenvalue weighted by molar-refractivity contribution is 7.13. The van der Waals surface area contributed by atoms with E-state index in [1.54, 1.807) is 4.90 Å². The van der Waals surface area contributed by atoms with Crippen molar-refractivity contribution in [3.63, 3.8) is 0 Å². The number of benzene rings is 1. The van der Waals surface area contributed by atoms with Gasteiger partial charge in [0.05, 0.1) is 18.0 Å². The second-order valence-electron chi connectivity index (χ2n) is 5.84. The van der Waals surface area contributed by atoms with Crippen LogP contribution in [0.25, 0.3) is 10.6 Å². The lowest BCUT2D eigenvalue weighted by molar-refractivity contribution is -0.145. The van der Waals surface area contributed by atoms with Crippen LogP contribution in [0.3, 0.4) is 0 Å². The van der Waals surface area contributed by atoms with Crippen molar-refractivity contribution >= 4 is 34.8 Å². The second-order valence-corrected chi connectivity index (χ2v) is 7.14. The van der Waals surface area contributed by atoms with Crippen LogP contribution in [0.4, 0.5) is 0 Å². The average molecular weight is 365 g/mol. The molecular formula is C17H17ClN2O3S. The molecule has 2 aromatic rings. The summed E-state index contributed by atoms with van der Waals surface area (Å²) in [5, 5.41) is 12.5. The quantitative estimate of drug-likeness (QED) is 0.903. The SMILES string of the molecule is O=C(O)[C@H]1CCCN(C(=O)Cc2csc(-c3ccc(Cl)cc3)n2)C1. The number of carboxylic acids is 1. The molecule has 0 aliphatic carbocycles. The molecule has 0 radical (unpaired) electrons. The van der Waals surface area contributed by atoms with Gasteiger partial charge in [-0.3, -0.25) is 9.59 Å². The highest BCUT2D eigenvalue weighted by Gasteiger charge is 2.28. The maximum Gasteiger partial charge on any atom is 0.308 e. The molecule has 3 rings (SSSR count). The number of carbonyl (C=O) groups excluding carboxylic acids is 1. The third-order valence-corrected chi connectivity index (χ3v) is 5.29. The van der Waals surface area contributed by atoms with Crippen LogP contribution in [0.1, 0.15) is 18.5 Å². The molecule has 0 unspecified atom stereocenters. The van der Waals surface area contributed by atoms with E-state index in [0.29, 0.717) is 30.2 Å². The number of carbonyl (C=O) groups is 2. The number of halogens is 1. The largest absolute Gasteiger partial charge is 0.481 e. The number of carboxylic acid groups (broad SMARTS) is 1. The Labute approximate surface area is 148 Å². The molecule has 7 heteroatoms. The maximum atomic E-state index is 12.4. The Hall–Kier alpha value is -1.92. The third kappa shape index (κ3) is 3.94. The van der Waals surface area contributed by atoms with E-state index in [-0.39, 0.29) is 12.3 Å². The summed E-state index contributed by atoms with van der Waals surface area (Å²) in [6, 6.07) is 7.41. The lowest BCUT2D eigenvalue weighted by Crippen LogP contribution is -2.43. The van der Waals surface area contributed by atoms with Crippen LogP contribution in [-0.4, -0.2) is 40.0 Å². The van der Waals surface area contributed by atoms with Crippen LogP contribution >= 0.6 is 22.9 Å². The van der Waals surface area contributed by atoms with Gasteiger partial charge in [-0.15, -0.1) is 11.3 Å². The molecule has 1 saturated heterocycles. The highest BCUT2D eigenvalue weighted by atomic mass is 35.5. The summed E-state index contributed by atoms with van der Waals surface area (Å²) in [4.78, 5) is 29.7. The molecular weight excluding hydrogens is 348 g/mol. The van der Waals surface area contributed by atoms with Crippen molar-refractivity contribution in [2.45, 2.75) is 19.3 Å². The molecule has 5 nitrogen and oxygen atoms in total. The molecule has 0 spiro atoms. The summed E-state index contributed by atoms with van der Waals surface area (Å²) in [6.07, 6.45) is 1.57. The first-order chi connectivity index (χ1) is 11.5. The number of aliphatic carboxylic acids is 1. The van der Waals surface area contributed by atoms with Gasteiger partial charge in [0, 0.05) is 29.1 Å².